The molecule has 0 spiro atoms. The van der Waals surface area contributed by atoms with Crippen LogP contribution in [-0.4, -0.2) is 16.6 Å². The third-order valence-corrected chi connectivity index (χ3v) is 2.58. The number of rotatable bonds is 3. The Morgan fingerprint density at radius 2 is 1.95 bits per heavy atom. The van der Waals surface area contributed by atoms with Crippen molar-refractivity contribution in [2.75, 3.05) is 5.73 Å². The van der Waals surface area contributed by atoms with Crippen LogP contribution in [0.25, 0.3) is 0 Å². The topological polar surface area (TPSA) is 80.4 Å². The quantitative estimate of drug-likeness (QED) is 0.498. The third kappa shape index (κ3) is 3.38. The van der Waals surface area contributed by atoms with Gasteiger partial charge in [-0.3, -0.25) is 9.78 Å². The molecule has 0 saturated heterocycles. The van der Waals surface area contributed by atoms with Gasteiger partial charge in [0.05, 0.1) is 11.3 Å². The molecule has 2 aromatic rings. The zero-order valence-corrected chi connectivity index (χ0v) is 10.5. The number of amides is 1. The van der Waals surface area contributed by atoms with E-state index >= 15 is 0 Å². The molecule has 1 amide bonds. The van der Waals surface area contributed by atoms with Gasteiger partial charge in [0.1, 0.15) is 0 Å². The summed E-state index contributed by atoms with van der Waals surface area (Å²) in [5.41, 5.74) is 10.9. The Balaban J connectivity index is 2.06. The molecule has 0 aliphatic carbocycles. The molecule has 5 heteroatoms. The molecule has 0 saturated carbocycles. The summed E-state index contributed by atoms with van der Waals surface area (Å²) in [5.74, 6) is -0.289. The number of benzene rings is 1. The molecule has 19 heavy (non-hydrogen) atoms. The Morgan fingerprint density at radius 3 is 2.58 bits per heavy atom. The van der Waals surface area contributed by atoms with Crippen LogP contribution in [0.15, 0.2) is 53.9 Å². The first-order valence-electron chi connectivity index (χ1n) is 5.77. The van der Waals surface area contributed by atoms with Crippen molar-refractivity contribution in [3.63, 3.8) is 0 Å². The Labute approximate surface area is 111 Å². The van der Waals surface area contributed by atoms with Gasteiger partial charge in [-0.15, -0.1) is 0 Å². The van der Waals surface area contributed by atoms with E-state index in [4.69, 9.17) is 5.73 Å². The summed E-state index contributed by atoms with van der Waals surface area (Å²) < 4.78 is 0. The Bertz CT molecular complexity index is 591. The van der Waals surface area contributed by atoms with Gasteiger partial charge >= 0.3 is 0 Å². The Kier molecular flexibility index (Phi) is 3.87. The van der Waals surface area contributed by atoms with Gasteiger partial charge in [0.15, 0.2) is 0 Å². The number of hydrogen-bond donors (Lipinski definition) is 2. The molecule has 5 nitrogen and oxygen atoms in total. The molecule has 3 N–H and O–H groups in total. The molecule has 1 heterocycles. The van der Waals surface area contributed by atoms with Crippen LogP contribution in [0.4, 0.5) is 5.69 Å². The summed E-state index contributed by atoms with van der Waals surface area (Å²) in [7, 11) is 0. The van der Waals surface area contributed by atoms with Crippen molar-refractivity contribution in [2.45, 2.75) is 6.92 Å². The van der Waals surface area contributed by atoms with Crippen molar-refractivity contribution in [2.24, 2.45) is 5.10 Å². The van der Waals surface area contributed by atoms with E-state index in [9.17, 15) is 4.79 Å². The second-order valence-corrected chi connectivity index (χ2v) is 4.00. The highest BCUT2D eigenvalue weighted by atomic mass is 16.2. The van der Waals surface area contributed by atoms with E-state index in [0.717, 1.165) is 5.56 Å². The molecule has 0 unspecified atom stereocenters. The van der Waals surface area contributed by atoms with Crippen LogP contribution in [0.3, 0.4) is 0 Å². The van der Waals surface area contributed by atoms with E-state index in [1.54, 1.807) is 30.5 Å². The fourth-order valence-corrected chi connectivity index (χ4v) is 1.49. The van der Waals surface area contributed by atoms with Gasteiger partial charge < -0.3 is 5.73 Å². The van der Waals surface area contributed by atoms with Gasteiger partial charge in [-0.1, -0.05) is 12.1 Å². The van der Waals surface area contributed by atoms with Crippen molar-refractivity contribution < 1.29 is 4.79 Å². The zero-order valence-electron chi connectivity index (χ0n) is 10.5. The van der Waals surface area contributed by atoms with Crippen LogP contribution < -0.4 is 11.2 Å². The number of pyridine rings is 1. The fourth-order valence-electron chi connectivity index (χ4n) is 1.49. The molecule has 0 fully saturated rings. The molecule has 0 radical (unpaired) electrons. The molecule has 96 valence electrons. The van der Waals surface area contributed by atoms with Crippen molar-refractivity contribution in [1.29, 1.82) is 0 Å². The lowest BCUT2D eigenvalue weighted by Crippen LogP contribution is -2.19. The van der Waals surface area contributed by atoms with Gasteiger partial charge in [-0.05, 0) is 36.8 Å². The minimum atomic E-state index is -0.289. The number of nitrogen functional groups attached to an aromatic ring is 1. The molecule has 0 aliphatic heterocycles. The zero-order chi connectivity index (χ0) is 13.7. The molecule has 0 atom stereocenters. The third-order valence-electron chi connectivity index (χ3n) is 2.58. The molecule has 1 aromatic heterocycles. The van der Waals surface area contributed by atoms with Crippen molar-refractivity contribution in [1.82, 2.24) is 10.4 Å². The highest BCUT2D eigenvalue weighted by Crippen LogP contribution is 2.06. The lowest BCUT2D eigenvalue weighted by molar-refractivity contribution is 0.0954. The summed E-state index contributed by atoms with van der Waals surface area (Å²) in [4.78, 5) is 15.6. The smallest absolute Gasteiger partial charge is 0.272 e. The maximum Gasteiger partial charge on any atom is 0.272 e. The highest BCUT2D eigenvalue weighted by molar-refractivity contribution is 6.00. The number of carbonyl (C=O) groups excluding carboxylic acids is 1. The predicted octanol–water partition coefficient (Wildman–Crippen LogP) is 1.82. The van der Waals surface area contributed by atoms with E-state index in [1.807, 2.05) is 19.1 Å². The number of hydrogen-bond acceptors (Lipinski definition) is 4. The second-order valence-electron chi connectivity index (χ2n) is 4.00. The maximum absolute atomic E-state index is 11.8. The van der Waals surface area contributed by atoms with Crippen molar-refractivity contribution in [3.05, 3.63) is 59.9 Å². The number of carbonyl (C=O) groups is 1. The first-order chi connectivity index (χ1) is 9.16. The SMILES string of the molecule is C/C(=N\NC(=O)c1cccnc1)c1ccc(N)cc1. The average molecular weight is 254 g/mol. The van der Waals surface area contributed by atoms with Crippen LogP contribution >= 0.6 is 0 Å². The highest BCUT2D eigenvalue weighted by Gasteiger charge is 2.04. The number of anilines is 1. The van der Waals surface area contributed by atoms with Crippen molar-refractivity contribution in [3.8, 4) is 0 Å². The van der Waals surface area contributed by atoms with Crippen LogP contribution in [0, 0.1) is 0 Å². The number of hydrazone groups is 1. The Morgan fingerprint density at radius 1 is 1.21 bits per heavy atom. The van der Waals surface area contributed by atoms with Crippen LogP contribution in [0.2, 0.25) is 0 Å². The maximum atomic E-state index is 11.8. The minimum Gasteiger partial charge on any atom is -0.399 e. The van der Waals surface area contributed by atoms with E-state index in [1.165, 1.54) is 6.20 Å². The van der Waals surface area contributed by atoms with Crippen LogP contribution in [-0.2, 0) is 0 Å². The first-order valence-corrected chi connectivity index (χ1v) is 5.77. The van der Waals surface area contributed by atoms with E-state index in [0.29, 0.717) is 17.0 Å². The summed E-state index contributed by atoms with van der Waals surface area (Å²) in [5, 5.41) is 4.05. The molecule has 0 aliphatic rings. The number of aromatic nitrogens is 1. The predicted molar refractivity (Wildman–Crippen MR) is 74.8 cm³/mol. The summed E-state index contributed by atoms with van der Waals surface area (Å²) in [6.45, 7) is 1.81. The molecule has 2 rings (SSSR count). The van der Waals surface area contributed by atoms with E-state index in [2.05, 4.69) is 15.5 Å². The molecular weight excluding hydrogens is 240 g/mol. The number of nitrogens with two attached hydrogens (primary N) is 1. The van der Waals surface area contributed by atoms with Gasteiger partial charge in [-0.25, -0.2) is 5.43 Å². The van der Waals surface area contributed by atoms with Gasteiger partial charge in [0, 0.05) is 18.1 Å². The van der Waals surface area contributed by atoms with Gasteiger partial charge in [0.25, 0.3) is 5.91 Å². The molecular formula is C14H14N4O. The normalized spacial score (nSPS) is 11.1. The van der Waals surface area contributed by atoms with E-state index in [-0.39, 0.29) is 5.91 Å². The second kappa shape index (κ2) is 5.77. The lowest BCUT2D eigenvalue weighted by atomic mass is 10.1. The van der Waals surface area contributed by atoms with Gasteiger partial charge in [0.2, 0.25) is 0 Å². The standard InChI is InChI=1S/C14H14N4O/c1-10(11-4-6-13(15)7-5-11)17-18-14(19)12-3-2-8-16-9-12/h2-9H,15H2,1H3,(H,18,19)/b17-10+. The summed E-state index contributed by atoms with van der Waals surface area (Å²) in [6, 6.07) is 10.7. The van der Waals surface area contributed by atoms with Gasteiger partial charge in [-0.2, -0.15) is 5.10 Å². The fraction of sp³-hybridized carbons (Fsp3) is 0.0714. The van der Waals surface area contributed by atoms with Crippen LogP contribution in [0.1, 0.15) is 22.8 Å². The summed E-state index contributed by atoms with van der Waals surface area (Å²) >= 11 is 0. The number of nitrogens with one attached hydrogen (secondary N) is 1. The molecule has 0 bridgehead atoms. The molecule has 1 aromatic carbocycles. The number of nitrogens with zero attached hydrogens (tertiary/aromatic N) is 2. The van der Waals surface area contributed by atoms with E-state index < -0.39 is 0 Å². The first kappa shape index (κ1) is 12.8. The van der Waals surface area contributed by atoms with Crippen molar-refractivity contribution >= 4 is 17.3 Å². The van der Waals surface area contributed by atoms with Crippen LogP contribution in [0.5, 0.6) is 0 Å². The average Bonchev–Trinajstić information content (AvgIpc) is 2.46. The summed E-state index contributed by atoms with van der Waals surface area (Å²) in [6.07, 6.45) is 3.10. The lowest BCUT2D eigenvalue weighted by Gasteiger charge is -2.03. The minimum absolute atomic E-state index is 0.289. The largest absolute Gasteiger partial charge is 0.399 e. The Hall–Kier alpha value is -2.69. The monoisotopic (exact) mass is 254 g/mol.